The minimum absolute atomic E-state index is 0.104. The summed E-state index contributed by atoms with van der Waals surface area (Å²) < 4.78 is 22.6. The third kappa shape index (κ3) is 5.24. The first-order valence-electron chi connectivity index (χ1n) is 8.86. The predicted molar refractivity (Wildman–Crippen MR) is 109 cm³/mol. The average molecular weight is 398 g/mol. The molecule has 0 aliphatic heterocycles. The van der Waals surface area contributed by atoms with Crippen LogP contribution in [0.15, 0.2) is 59.6 Å². The van der Waals surface area contributed by atoms with Gasteiger partial charge < -0.3 is 10.6 Å². The minimum Gasteiger partial charge on any atom is -0.368 e. The molecule has 0 aliphatic carbocycles. The first-order chi connectivity index (χ1) is 13.5. The average Bonchev–Trinajstić information content (AvgIpc) is 2.68. The highest BCUT2D eigenvalue weighted by atomic mass is 32.2. The van der Waals surface area contributed by atoms with Crippen LogP contribution in [0.2, 0.25) is 0 Å². The lowest BCUT2D eigenvalue weighted by Crippen LogP contribution is -2.12. The molecule has 2 aromatic carbocycles. The lowest BCUT2D eigenvalue weighted by Gasteiger charge is -2.10. The van der Waals surface area contributed by atoms with Crippen molar-refractivity contribution >= 4 is 27.5 Å². The lowest BCUT2D eigenvalue weighted by atomic mass is 10.1. The van der Waals surface area contributed by atoms with Crippen molar-refractivity contribution in [1.82, 2.24) is 15.2 Å². The molecule has 1 aromatic heterocycles. The maximum Gasteiger partial charge on any atom is 0.249 e. The van der Waals surface area contributed by atoms with Crippen molar-refractivity contribution in [3.8, 4) is 0 Å². The molecule has 0 bridgehead atoms. The summed E-state index contributed by atoms with van der Waals surface area (Å²) in [5.41, 5.74) is 3.11. The van der Waals surface area contributed by atoms with Crippen molar-refractivity contribution in [3.05, 3.63) is 65.9 Å². The highest BCUT2D eigenvalue weighted by Crippen LogP contribution is 2.19. The van der Waals surface area contributed by atoms with Gasteiger partial charge in [0.1, 0.15) is 0 Å². The van der Waals surface area contributed by atoms with Gasteiger partial charge in [0, 0.05) is 12.2 Å². The molecule has 3 aromatic rings. The van der Waals surface area contributed by atoms with E-state index in [0.717, 1.165) is 17.7 Å². The van der Waals surface area contributed by atoms with E-state index in [4.69, 9.17) is 5.14 Å². The number of para-hydroxylation sites is 1. The monoisotopic (exact) mass is 398 g/mol. The number of benzene rings is 2. The third-order valence-electron chi connectivity index (χ3n) is 4.18. The van der Waals surface area contributed by atoms with Gasteiger partial charge in [-0.05, 0) is 42.2 Å². The molecule has 4 N–H and O–H groups in total. The molecule has 0 atom stereocenters. The highest BCUT2D eigenvalue weighted by Gasteiger charge is 2.07. The second-order valence-corrected chi connectivity index (χ2v) is 7.73. The van der Waals surface area contributed by atoms with Crippen molar-refractivity contribution in [2.24, 2.45) is 5.14 Å². The molecular weight excluding hydrogens is 376 g/mol. The molecule has 0 aliphatic rings. The summed E-state index contributed by atoms with van der Waals surface area (Å²) in [6.07, 6.45) is 3.15. The quantitative estimate of drug-likeness (QED) is 0.532. The van der Waals surface area contributed by atoms with Gasteiger partial charge in [0.05, 0.1) is 11.1 Å². The topological polar surface area (TPSA) is 123 Å². The Labute approximate surface area is 164 Å². The van der Waals surface area contributed by atoms with Gasteiger partial charge in [0.2, 0.25) is 16.0 Å². The van der Waals surface area contributed by atoms with Crippen molar-refractivity contribution < 1.29 is 8.42 Å². The second-order valence-electron chi connectivity index (χ2n) is 6.17. The summed E-state index contributed by atoms with van der Waals surface area (Å²) in [6.45, 7) is 2.70. The van der Waals surface area contributed by atoms with Crippen LogP contribution in [0.25, 0.3) is 0 Å². The van der Waals surface area contributed by atoms with Crippen molar-refractivity contribution in [3.63, 3.8) is 0 Å². The third-order valence-corrected chi connectivity index (χ3v) is 5.10. The number of hydrogen-bond donors (Lipinski definition) is 3. The van der Waals surface area contributed by atoms with Crippen LogP contribution < -0.4 is 15.8 Å². The number of aryl methyl sites for hydroxylation is 1. The predicted octanol–water partition coefficient (Wildman–Crippen LogP) is 2.48. The van der Waals surface area contributed by atoms with Gasteiger partial charge in [0.15, 0.2) is 5.82 Å². The minimum atomic E-state index is -3.67. The van der Waals surface area contributed by atoms with Gasteiger partial charge in [-0.15, -0.1) is 5.10 Å². The fourth-order valence-electron chi connectivity index (χ4n) is 2.69. The highest BCUT2D eigenvalue weighted by molar-refractivity contribution is 7.89. The molecule has 0 spiro atoms. The summed E-state index contributed by atoms with van der Waals surface area (Å²) in [4.78, 5) is 4.53. The Balaban J connectivity index is 1.59. The molecule has 0 radical (unpaired) electrons. The van der Waals surface area contributed by atoms with Crippen LogP contribution in [-0.2, 0) is 22.9 Å². The number of sulfonamides is 1. The SMILES string of the molecule is CCc1ccccc1Nc1nncc(NCCc2ccc(S(N)(=O)=O)cc2)n1. The van der Waals surface area contributed by atoms with Crippen LogP contribution in [0.1, 0.15) is 18.1 Å². The largest absolute Gasteiger partial charge is 0.368 e. The molecule has 0 unspecified atom stereocenters. The molecule has 28 heavy (non-hydrogen) atoms. The number of hydrogen-bond acceptors (Lipinski definition) is 7. The number of primary sulfonamides is 1. The number of aromatic nitrogens is 3. The van der Waals surface area contributed by atoms with Crippen molar-refractivity contribution in [2.45, 2.75) is 24.7 Å². The molecule has 0 fully saturated rings. The van der Waals surface area contributed by atoms with Crippen LogP contribution >= 0.6 is 0 Å². The van der Waals surface area contributed by atoms with Gasteiger partial charge in [-0.3, -0.25) is 0 Å². The van der Waals surface area contributed by atoms with Gasteiger partial charge >= 0.3 is 0 Å². The molecule has 0 saturated carbocycles. The Morgan fingerprint density at radius 3 is 2.54 bits per heavy atom. The fraction of sp³-hybridized carbons (Fsp3) is 0.211. The zero-order valence-corrected chi connectivity index (χ0v) is 16.3. The van der Waals surface area contributed by atoms with E-state index >= 15 is 0 Å². The van der Waals surface area contributed by atoms with E-state index < -0.39 is 10.0 Å². The zero-order chi connectivity index (χ0) is 20.0. The molecule has 146 valence electrons. The van der Waals surface area contributed by atoms with E-state index in [-0.39, 0.29) is 4.90 Å². The molecule has 1 heterocycles. The number of nitrogens with two attached hydrogens (primary N) is 1. The lowest BCUT2D eigenvalue weighted by molar-refractivity contribution is 0.598. The maximum absolute atomic E-state index is 11.3. The van der Waals surface area contributed by atoms with Crippen LogP contribution in [0.4, 0.5) is 17.5 Å². The Morgan fingerprint density at radius 1 is 1.07 bits per heavy atom. The first-order valence-corrected chi connectivity index (χ1v) is 10.4. The number of anilines is 3. The summed E-state index contributed by atoms with van der Waals surface area (Å²) in [5.74, 6) is 1.02. The van der Waals surface area contributed by atoms with Gasteiger partial charge in [-0.1, -0.05) is 37.3 Å². The molecule has 8 nitrogen and oxygen atoms in total. The maximum atomic E-state index is 11.3. The molecular formula is C19H22N6O2S. The van der Waals surface area contributed by atoms with Crippen molar-refractivity contribution in [2.75, 3.05) is 17.2 Å². The molecule has 3 rings (SSSR count). The van der Waals surface area contributed by atoms with E-state index in [9.17, 15) is 8.42 Å². The Hall–Kier alpha value is -3.04. The van der Waals surface area contributed by atoms with Crippen LogP contribution in [0, 0.1) is 0 Å². The fourth-order valence-corrected chi connectivity index (χ4v) is 3.21. The van der Waals surface area contributed by atoms with Crippen LogP contribution in [0.3, 0.4) is 0 Å². The zero-order valence-electron chi connectivity index (χ0n) is 15.5. The summed E-state index contributed by atoms with van der Waals surface area (Å²) in [5, 5.41) is 19.5. The summed E-state index contributed by atoms with van der Waals surface area (Å²) in [6, 6.07) is 14.5. The Morgan fingerprint density at radius 2 is 1.82 bits per heavy atom. The first kappa shape index (κ1) is 19.7. The van der Waals surface area contributed by atoms with Gasteiger partial charge in [-0.25, -0.2) is 13.6 Å². The molecule has 9 heteroatoms. The number of rotatable bonds is 8. The van der Waals surface area contributed by atoms with E-state index in [2.05, 4.69) is 38.8 Å². The summed E-state index contributed by atoms with van der Waals surface area (Å²) >= 11 is 0. The van der Waals surface area contributed by atoms with Gasteiger partial charge in [0.25, 0.3) is 0 Å². The van der Waals surface area contributed by atoms with Crippen molar-refractivity contribution in [1.29, 1.82) is 0 Å². The Bertz CT molecular complexity index is 1040. The normalized spacial score (nSPS) is 11.2. The van der Waals surface area contributed by atoms with Crippen LogP contribution in [0.5, 0.6) is 0 Å². The van der Waals surface area contributed by atoms with Crippen LogP contribution in [-0.4, -0.2) is 30.1 Å². The Kier molecular flexibility index (Phi) is 6.17. The van der Waals surface area contributed by atoms with E-state index in [1.165, 1.54) is 17.7 Å². The second kappa shape index (κ2) is 8.77. The summed E-state index contributed by atoms with van der Waals surface area (Å²) in [7, 11) is -3.67. The molecule has 0 saturated heterocycles. The standard InChI is InChI=1S/C19H22N6O2S/c1-2-15-5-3-4-6-17(15)23-19-24-18(13-22-25-19)21-12-11-14-7-9-16(10-8-14)28(20,26)27/h3-10,13H,2,11-12H2,1H3,(H2,20,26,27)(H2,21,23,24,25). The van der Waals surface area contributed by atoms with Gasteiger partial charge in [-0.2, -0.15) is 10.1 Å². The molecule has 0 amide bonds. The van der Waals surface area contributed by atoms with E-state index in [1.54, 1.807) is 18.3 Å². The van der Waals surface area contributed by atoms with E-state index in [1.807, 2.05) is 18.2 Å². The van der Waals surface area contributed by atoms with E-state index in [0.29, 0.717) is 24.7 Å². The number of nitrogens with zero attached hydrogens (tertiary/aromatic N) is 3. The smallest absolute Gasteiger partial charge is 0.249 e. The number of nitrogens with one attached hydrogen (secondary N) is 2.